The van der Waals surface area contributed by atoms with Gasteiger partial charge < -0.3 is 9.47 Å². The smallest absolute Gasteiger partial charge is 0.437 e. The van der Waals surface area contributed by atoms with Crippen molar-refractivity contribution in [1.82, 2.24) is 9.99 Å². The molecule has 0 saturated carbocycles. The lowest BCUT2D eigenvalue weighted by atomic mass is 9.97. The number of para-hydroxylation sites is 2. The highest BCUT2D eigenvalue weighted by Gasteiger charge is 2.39. The molecule has 0 saturated heterocycles. The molecule has 0 aliphatic rings. The van der Waals surface area contributed by atoms with Gasteiger partial charge >= 0.3 is 12.2 Å². The van der Waals surface area contributed by atoms with Crippen LogP contribution in [-0.2, 0) is 14.8 Å². The maximum atomic E-state index is 14.6. The monoisotopic (exact) mass is 589 g/mol. The average Bonchev–Trinajstić information content (AvgIpc) is 2.93. The van der Waals surface area contributed by atoms with E-state index in [1.54, 1.807) is 69.3 Å². The Labute approximate surface area is 235 Å². The molecule has 0 radical (unpaired) electrons. The zero-order valence-electron chi connectivity index (χ0n) is 22.1. The molecule has 1 heterocycles. The summed E-state index contributed by atoms with van der Waals surface area (Å²) in [5.74, 6) is -0.774. The van der Waals surface area contributed by atoms with Gasteiger partial charge in [-0.3, -0.25) is 4.79 Å². The van der Waals surface area contributed by atoms with Gasteiger partial charge in [-0.15, -0.1) is 5.01 Å². The van der Waals surface area contributed by atoms with E-state index in [1.165, 1.54) is 7.11 Å². The minimum Gasteiger partial charge on any atom is -0.451 e. The van der Waals surface area contributed by atoms with Crippen molar-refractivity contribution in [1.29, 1.82) is 0 Å². The first-order chi connectivity index (χ1) is 18.7. The second-order valence-corrected chi connectivity index (χ2v) is 10.1. The summed E-state index contributed by atoms with van der Waals surface area (Å²) in [6.45, 7) is 5.04. The van der Waals surface area contributed by atoms with Gasteiger partial charge in [0.05, 0.1) is 29.6 Å². The van der Waals surface area contributed by atoms with E-state index >= 15 is 0 Å². The first-order valence-electron chi connectivity index (χ1n) is 12.2. The molecule has 0 N–H and O–H groups in total. The normalized spacial score (nSPS) is 11.1. The van der Waals surface area contributed by atoms with Gasteiger partial charge in [0, 0.05) is 21.8 Å². The third-order valence-corrected chi connectivity index (χ3v) is 6.26. The van der Waals surface area contributed by atoms with Crippen molar-refractivity contribution in [3.8, 4) is 11.3 Å². The van der Waals surface area contributed by atoms with Gasteiger partial charge in [-0.2, -0.15) is 5.01 Å². The van der Waals surface area contributed by atoms with Crippen molar-refractivity contribution in [2.75, 3.05) is 12.1 Å². The summed E-state index contributed by atoms with van der Waals surface area (Å²) >= 11 is 3.54. The summed E-state index contributed by atoms with van der Waals surface area (Å²) in [7, 11) is 1.18. The summed E-state index contributed by atoms with van der Waals surface area (Å²) in [4.78, 5) is 46.3. The Morgan fingerprint density at radius 1 is 0.846 bits per heavy atom. The Kier molecular flexibility index (Phi) is 8.30. The molecular formula is C30H28BrN3O5. The molecule has 4 aromatic rings. The number of hydrogen-bond acceptors (Lipinski definition) is 6. The number of anilines is 1. The number of methoxy groups -OCH3 is 1. The molecule has 0 aliphatic carbocycles. The van der Waals surface area contributed by atoms with Gasteiger partial charge in [0.15, 0.2) is 0 Å². The molecule has 0 aliphatic heterocycles. The molecule has 9 heteroatoms. The molecule has 0 spiro atoms. The largest absolute Gasteiger partial charge is 0.451 e. The lowest BCUT2D eigenvalue weighted by Gasteiger charge is -2.34. The molecule has 0 unspecified atom stereocenters. The van der Waals surface area contributed by atoms with Crippen LogP contribution in [0.15, 0.2) is 84.9 Å². The summed E-state index contributed by atoms with van der Waals surface area (Å²) in [6, 6.07) is 24.9. The fourth-order valence-electron chi connectivity index (χ4n) is 4.09. The van der Waals surface area contributed by atoms with Gasteiger partial charge in [-0.05, 0) is 39.0 Å². The highest BCUT2D eigenvalue weighted by molar-refractivity contribution is 9.08. The van der Waals surface area contributed by atoms with Crippen LogP contribution >= 0.6 is 15.9 Å². The highest BCUT2D eigenvalue weighted by Crippen LogP contribution is 2.34. The Bertz CT molecular complexity index is 1500. The zero-order valence-corrected chi connectivity index (χ0v) is 23.6. The highest BCUT2D eigenvalue weighted by atomic mass is 79.9. The van der Waals surface area contributed by atoms with Crippen molar-refractivity contribution < 1.29 is 23.9 Å². The van der Waals surface area contributed by atoms with Gasteiger partial charge in [0.1, 0.15) is 5.60 Å². The van der Waals surface area contributed by atoms with Crippen LogP contribution in [0.4, 0.5) is 15.3 Å². The van der Waals surface area contributed by atoms with Crippen LogP contribution in [0.1, 0.15) is 36.7 Å². The van der Waals surface area contributed by atoms with Crippen LogP contribution in [0.3, 0.4) is 0 Å². The number of amides is 3. The topological polar surface area (TPSA) is 89.0 Å². The van der Waals surface area contributed by atoms with Crippen molar-refractivity contribution in [2.45, 2.75) is 31.7 Å². The molecule has 3 aromatic carbocycles. The van der Waals surface area contributed by atoms with E-state index in [0.29, 0.717) is 27.2 Å². The van der Waals surface area contributed by atoms with Gasteiger partial charge in [0.25, 0.3) is 5.91 Å². The Morgan fingerprint density at radius 3 is 2.03 bits per heavy atom. The van der Waals surface area contributed by atoms with Crippen molar-refractivity contribution in [2.24, 2.45) is 0 Å². The molecule has 3 amide bonds. The number of hydrazine groups is 1. The Hall–Kier alpha value is -4.24. The predicted molar refractivity (Wildman–Crippen MR) is 154 cm³/mol. The number of fused-ring (bicyclic) bond motifs is 1. The van der Waals surface area contributed by atoms with Gasteiger partial charge in [-0.1, -0.05) is 82.7 Å². The Balaban J connectivity index is 2.02. The first kappa shape index (κ1) is 27.8. The molecule has 200 valence electrons. The van der Waals surface area contributed by atoms with E-state index in [2.05, 4.69) is 15.9 Å². The number of carbonyl (C=O) groups is 3. The summed E-state index contributed by atoms with van der Waals surface area (Å²) in [5, 5.41) is 2.34. The number of carbonyl (C=O) groups excluding carboxylic acids is 3. The first-order valence-corrected chi connectivity index (χ1v) is 13.3. The minimum absolute atomic E-state index is 0.201. The van der Waals surface area contributed by atoms with Crippen molar-refractivity contribution >= 4 is 50.6 Å². The van der Waals surface area contributed by atoms with Crippen LogP contribution in [0.2, 0.25) is 0 Å². The second kappa shape index (κ2) is 11.7. The van der Waals surface area contributed by atoms with Gasteiger partial charge in [0.2, 0.25) is 0 Å². The number of ether oxygens (including phenoxy) is 2. The molecule has 0 fully saturated rings. The zero-order chi connectivity index (χ0) is 28.2. The number of aromatic nitrogens is 1. The lowest BCUT2D eigenvalue weighted by molar-refractivity contribution is 0.0214. The molecule has 39 heavy (non-hydrogen) atoms. The molecule has 1 aromatic heterocycles. The second-order valence-electron chi connectivity index (χ2n) is 9.55. The number of imide groups is 1. The lowest BCUT2D eigenvalue weighted by Crippen LogP contribution is -2.55. The molecule has 4 rings (SSSR count). The molecule has 0 bridgehead atoms. The van der Waals surface area contributed by atoms with E-state index in [1.807, 2.05) is 36.4 Å². The maximum Gasteiger partial charge on any atom is 0.437 e. The number of rotatable bonds is 4. The quantitative estimate of drug-likeness (QED) is 0.182. The van der Waals surface area contributed by atoms with E-state index in [9.17, 15) is 14.4 Å². The number of hydrogen-bond donors (Lipinski definition) is 0. The third kappa shape index (κ3) is 5.93. The fourth-order valence-corrected chi connectivity index (χ4v) is 4.63. The number of pyridine rings is 1. The van der Waals surface area contributed by atoms with E-state index < -0.39 is 23.7 Å². The summed E-state index contributed by atoms with van der Waals surface area (Å²) in [5.41, 5.74) is 1.96. The average molecular weight is 590 g/mol. The number of halogens is 1. The van der Waals surface area contributed by atoms with E-state index in [0.717, 1.165) is 10.6 Å². The maximum absolute atomic E-state index is 14.6. The Morgan fingerprint density at radius 2 is 1.44 bits per heavy atom. The number of benzene rings is 3. The van der Waals surface area contributed by atoms with Crippen LogP contribution < -0.4 is 5.01 Å². The summed E-state index contributed by atoms with van der Waals surface area (Å²) in [6.07, 6.45) is -1.98. The molecule has 8 nitrogen and oxygen atoms in total. The fraction of sp³-hybridized carbons (Fsp3) is 0.200. The van der Waals surface area contributed by atoms with E-state index in [-0.39, 0.29) is 16.6 Å². The molecular weight excluding hydrogens is 562 g/mol. The van der Waals surface area contributed by atoms with Crippen LogP contribution in [0.25, 0.3) is 22.2 Å². The van der Waals surface area contributed by atoms with Crippen LogP contribution in [0.5, 0.6) is 0 Å². The van der Waals surface area contributed by atoms with Crippen molar-refractivity contribution in [3.05, 3.63) is 96.1 Å². The minimum atomic E-state index is -1.04. The van der Waals surface area contributed by atoms with Crippen LogP contribution in [0, 0.1) is 0 Å². The molecule has 0 atom stereocenters. The number of nitrogens with zero attached hydrogens (tertiary/aromatic N) is 3. The SMILES string of the molecule is COC(=O)N(c1ccccc1)N(C(=O)OC(C)(C)C)C(=O)c1c(CBr)c(-c2ccccc2)nc2ccccc12. The third-order valence-electron chi connectivity index (χ3n) is 5.70. The van der Waals surface area contributed by atoms with Gasteiger partial charge in [-0.25, -0.2) is 14.6 Å². The van der Waals surface area contributed by atoms with Crippen LogP contribution in [-0.4, -0.2) is 40.8 Å². The van der Waals surface area contributed by atoms with E-state index in [4.69, 9.17) is 14.5 Å². The standard InChI is InChI=1S/C30H28BrN3O5/c1-30(2,3)39-29(37)34(33(28(36)38-4)21-15-9-6-10-16-21)27(35)25-22-17-11-12-18-24(22)32-26(23(25)19-31)20-13-7-5-8-14-20/h5-18H,19H2,1-4H3. The number of alkyl halides is 1. The summed E-state index contributed by atoms with van der Waals surface area (Å²) < 4.78 is 10.6. The predicted octanol–water partition coefficient (Wildman–Crippen LogP) is 7.36. The van der Waals surface area contributed by atoms with Crippen molar-refractivity contribution in [3.63, 3.8) is 0 Å².